The third-order valence-electron chi connectivity index (χ3n) is 6.10. The molecule has 0 radical (unpaired) electrons. The number of carboxylic acids is 1. The number of allylic oxidation sites excluding steroid dienone is 1. The fraction of sp³-hybridized carbons (Fsp3) is 0.450. The van der Waals surface area contributed by atoms with E-state index in [0.717, 1.165) is 31.7 Å². The number of hydrogen-bond donors (Lipinski definition) is 2. The van der Waals surface area contributed by atoms with Crippen LogP contribution in [0.4, 0.5) is 10.2 Å². The van der Waals surface area contributed by atoms with E-state index in [0.29, 0.717) is 18.7 Å². The Kier molecular flexibility index (Phi) is 3.80. The highest BCUT2D eigenvalue weighted by Crippen LogP contribution is 2.38. The van der Waals surface area contributed by atoms with Crippen molar-refractivity contribution in [2.24, 2.45) is 11.7 Å². The van der Waals surface area contributed by atoms with Crippen LogP contribution in [0.5, 0.6) is 0 Å². The van der Waals surface area contributed by atoms with Crippen molar-refractivity contribution >= 4 is 22.8 Å². The summed E-state index contributed by atoms with van der Waals surface area (Å²) in [4.78, 5) is 30.4. The summed E-state index contributed by atoms with van der Waals surface area (Å²) in [5, 5.41) is 9.35. The number of aromatic nitrogens is 2. The minimum absolute atomic E-state index is 0.0144. The molecule has 5 rings (SSSR count). The Labute approximate surface area is 160 Å². The van der Waals surface area contributed by atoms with Crippen LogP contribution in [0.2, 0.25) is 0 Å². The van der Waals surface area contributed by atoms with Gasteiger partial charge in [0.05, 0.1) is 5.39 Å². The SMILES string of the molecule is NC1CCC=C2CN(c3nc4c(cc3F)c(=O)c(C(=O)O)cn4C3CC3)CC21. The van der Waals surface area contributed by atoms with E-state index >= 15 is 0 Å². The van der Waals surface area contributed by atoms with E-state index in [9.17, 15) is 19.1 Å². The zero-order chi connectivity index (χ0) is 19.6. The van der Waals surface area contributed by atoms with Gasteiger partial charge >= 0.3 is 5.97 Å². The van der Waals surface area contributed by atoms with Crippen LogP contribution >= 0.6 is 0 Å². The van der Waals surface area contributed by atoms with Gasteiger partial charge in [0.25, 0.3) is 0 Å². The predicted molar refractivity (Wildman–Crippen MR) is 102 cm³/mol. The summed E-state index contributed by atoms with van der Waals surface area (Å²) in [5.41, 5.74) is 6.77. The highest BCUT2D eigenvalue weighted by molar-refractivity contribution is 5.92. The van der Waals surface area contributed by atoms with Gasteiger partial charge in [0.1, 0.15) is 11.2 Å². The highest BCUT2D eigenvalue weighted by Gasteiger charge is 2.36. The molecule has 2 fully saturated rings. The van der Waals surface area contributed by atoms with Crippen LogP contribution in [0, 0.1) is 11.7 Å². The van der Waals surface area contributed by atoms with Gasteiger partial charge in [0.2, 0.25) is 5.43 Å². The molecule has 2 aromatic heterocycles. The first-order valence-electron chi connectivity index (χ1n) is 9.62. The quantitative estimate of drug-likeness (QED) is 0.786. The lowest BCUT2D eigenvalue weighted by molar-refractivity contribution is 0.0695. The third kappa shape index (κ3) is 2.63. The van der Waals surface area contributed by atoms with Crippen LogP contribution in [-0.2, 0) is 0 Å². The van der Waals surface area contributed by atoms with Gasteiger partial charge in [-0.1, -0.05) is 6.08 Å². The topological polar surface area (TPSA) is 101 Å². The second kappa shape index (κ2) is 6.13. The molecule has 28 heavy (non-hydrogen) atoms. The zero-order valence-corrected chi connectivity index (χ0v) is 15.3. The number of fused-ring (bicyclic) bond motifs is 2. The van der Waals surface area contributed by atoms with Crippen molar-refractivity contribution in [3.63, 3.8) is 0 Å². The van der Waals surface area contributed by atoms with Gasteiger partial charge in [0, 0.05) is 37.3 Å². The lowest BCUT2D eigenvalue weighted by Gasteiger charge is -2.24. The molecule has 2 atom stereocenters. The number of rotatable bonds is 3. The summed E-state index contributed by atoms with van der Waals surface area (Å²) in [7, 11) is 0. The summed E-state index contributed by atoms with van der Waals surface area (Å²) >= 11 is 0. The first-order valence-corrected chi connectivity index (χ1v) is 9.62. The molecule has 7 nitrogen and oxygen atoms in total. The molecule has 0 bridgehead atoms. The summed E-state index contributed by atoms with van der Waals surface area (Å²) in [6.45, 7) is 1.18. The molecule has 3 aliphatic rings. The van der Waals surface area contributed by atoms with Crippen LogP contribution in [0.1, 0.15) is 42.1 Å². The number of pyridine rings is 2. The molecular weight excluding hydrogens is 363 g/mol. The number of halogens is 1. The van der Waals surface area contributed by atoms with Gasteiger partial charge in [-0.15, -0.1) is 0 Å². The number of hydrogen-bond acceptors (Lipinski definition) is 5. The average Bonchev–Trinajstić information content (AvgIpc) is 3.40. The van der Waals surface area contributed by atoms with Crippen molar-refractivity contribution in [2.75, 3.05) is 18.0 Å². The van der Waals surface area contributed by atoms with E-state index in [1.165, 1.54) is 11.8 Å². The number of nitrogens with two attached hydrogens (primary N) is 1. The number of carboxylic acid groups (broad SMARTS) is 1. The maximum Gasteiger partial charge on any atom is 0.341 e. The fourth-order valence-electron chi connectivity index (χ4n) is 4.45. The lowest BCUT2D eigenvalue weighted by Crippen LogP contribution is -2.34. The van der Waals surface area contributed by atoms with Gasteiger partial charge in [-0.25, -0.2) is 14.2 Å². The molecule has 2 aromatic rings. The maximum absolute atomic E-state index is 15.0. The second-order valence-electron chi connectivity index (χ2n) is 7.99. The minimum Gasteiger partial charge on any atom is -0.477 e. The molecule has 3 heterocycles. The molecule has 2 aliphatic carbocycles. The summed E-state index contributed by atoms with van der Waals surface area (Å²) < 4.78 is 16.7. The van der Waals surface area contributed by atoms with Gasteiger partial charge < -0.3 is 20.3 Å². The number of anilines is 1. The van der Waals surface area contributed by atoms with E-state index in [1.54, 1.807) is 4.57 Å². The standard InChI is InChI=1S/C20H21FN4O3/c21-15-6-12-17(26)14(20(27)28)9-25(11-4-5-11)18(12)23-19(15)24-7-10-2-1-3-16(22)13(10)8-24/h2,6,9,11,13,16H,1,3-5,7-8,22H2,(H,27,28). The first kappa shape index (κ1) is 17.4. The Morgan fingerprint density at radius 2 is 2.11 bits per heavy atom. The smallest absolute Gasteiger partial charge is 0.341 e. The fourth-order valence-corrected chi connectivity index (χ4v) is 4.45. The van der Waals surface area contributed by atoms with E-state index < -0.39 is 17.2 Å². The Bertz CT molecular complexity index is 1090. The molecule has 146 valence electrons. The lowest BCUT2D eigenvalue weighted by atomic mass is 9.86. The Morgan fingerprint density at radius 1 is 1.32 bits per heavy atom. The third-order valence-corrected chi connectivity index (χ3v) is 6.10. The molecule has 3 N–H and O–H groups in total. The Morgan fingerprint density at radius 3 is 2.79 bits per heavy atom. The van der Waals surface area contributed by atoms with E-state index in [-0.39, 0.29) is 34.8 Å². The Balaban J connectivity index is 1.65. The predicted octanol–water partition coefficient (Wildman–Crippen LogP) is 2.05. The van der Waals surface area contributed by atoms with Crippen LogP contribution < -0.4 is 16.1 Å². The van der Waals surface area contributed by atoms with Crippen molar-refractivity contribution < 1.29 is 14.3 Å². The first-order chi connectivity index (χ1) is 13.4. The number of aromatic carboxylic acids is 1. The van der Waals surface area contributed by atoms with E-state index in [1.807, 2.05) is 4.90 Å². The van der Waals surface area contributed by atoms with Crippen molar-refractivity contribution in [1.82, 2.24) is 9.55 Å². The normalized spacial score (nSPS) is 24.4. The maximum atomic E-state index is 15.0. The molecule has 1 saturated heterocycles. The van der Waals surface area contributed by atoms with Gasteiger partial charge in [-0.3, -0.25) is 4.79 Å². The highest BCUT2D eigenvalue weighted by atomic mass is 19.1. The molecular formula is C20H21FN4O3. The number of nitrogens with zero attached hydrogens (tertiary/aromatic N) is 3. The van der Waals surface area contributed by atoms with Gasteiger partial charge in [-0.05, 0) is 37.3 Å². The average molecular weight is 384 g/mol. The summed E-state index contributed by atoms with van der Waals surface area (Å²) in [6, 6.07) is 1.31. The van der Waals surface area contributed by atoms with Gasteiger partial charge in [-0.2, -0.15) is 0 Å². The van der Waals surface area contributed by atoms with Crippen molar-refractivity contribution in [1.29, 1.82) is 0 Å². The van der Waals surface area contributed by atoms with Crippen molar-refractivity contribution in [3.05, 3.63) is 45.5 Å². The van der Waals surface area contributed by atoms with Gasteiger partial charge in [0.15, 0.2) is 11.6 Å². The van der Waals surface area contributed by atoms with Crippen LogP contribution in [0.15, 0.2) is 28.7 Å². The molecule has 0 aromatic carbocycles. The van der Waals surface area contributed by atoms with Crippen LogP contribution in [0.25, 0.3) is 11.0 Å². The minimum atomic E-state index is -1.31. The zero-order valence-electron chi connectivity index (χ0n) is 15.3. The molecule has 1 aliphatic heterocycles. The Hall–Kier alpha value is -2.74. The monoisotopic (exact) mass is 384 g/mol. The number of carbonyl (C=O) groups is 1. The van der Waals surface area contributed by atoms with E-state index in [2.05, 4.69) is 11.1 Å². The van der Waals surface area contributed by atoms with Crippen LogP contribution in [-0.4, -0.2) is 39.8 Å². The molecule has 0 amide bonds. The van der Waals surface area contributed by atoms with E-state index in [4.69, 9.17) is 5.73 Å². The summed E-state index contributed by atoms with van der Waals surface area (Å²) in [5.74, 6) is -1.52. The van der Waals surface area contributed by atoms with Crippen molar-refractivity contribution in [3.8, 4) is 0 Å². The van der Waals surface area contributed by atoms with Crippen LogP contribution in [0.3, 0.4) is 0 Å². The van der Waals surface area contributed by atoms with Crippen molar-refractivity contribution in [2.45, 2.75) is 37.8 Å². The molecule has 8 heteroatoms. The second-order valence-corrected chi connectivity index (χ2v) is 7.99. The summed E-state index contributed by atoms with van der Waals surface area (Å²) in [6.07, 6.45) is 7.17. The molecule has 1 saturated carbocycles. The molecule has 2 unspecified atom stereocenters. The largest absolute Gasteiger partial charge is 0.477 e. The molecule has 0 spiro atoms.